The van der Waals surface area contributed by atoms with Crippen LogP contribution in [0.15, 0.2) is 21.8 Å². The maximum absolute atomic E-state index is 5.58. The summed E-state index contributed by atoms with van der Waals surface area (Å²) in [5.74, 6) is 1.97. The third-order valence-corrected chi connectivity index (χ3v) is 2.87. The van der Waals surface area contributed by atoms with Gasteiger partial charge in [0.2, 0.25) is 0 Å². The molecule has 0 aliphatic carbocycles. The van der Waals surface area contributed by atoms with Crippen LogP contribution in [0.2, 0.25) is 0 Å². The molecule has 2 heterocycles. The monoisotopic (exact) mass is 267 g/mol. The molecule has 0 spiro atoms. The summed E-state index contributed by atoms with van der Waals surface area (Å²) in [5, 5.41) is 4.42. The van der Waals surface area contributed by atoms with Gasteiger partial charge >= 0.3 is 0 Å². The molecule has 0 unspecified atom stereocenters. The number of hydrogen-bond acceptors (Lipinski definition) is 8. The number of aromatic nitrogens is 3. The average Bonchev–Trinajstić information content (AvgIpc) is 2.74. The number of anilines is 2. The summed E-state index contributed by atoms with van der Waals surface area (Å²) in [4.78, 5) is 8.12. The highest BCUT2D eigenvalue weighted by Crippen LogP contribution is 2.21. The van der Waals surface area contributed by atoms with Gasteiger partial charge in [-0.05, 0) is 0 Å². The van der Waals surface area contributed by atoms with Gasteiger partial charge < -0.3 is 20.7 Å². The van der Waals surface area contributed by atoms with Gasteiger partial charge in [0.1, 0.15) is 18.2 Å². The fourth-order valence-electron chi connectivity index (χ4n) is 1.30. The van der Waals surface area contributed by atoms with Crippen molar-refractivity contribution in [1.29, 1.82) is 0 Å². The molecule has 7 nitrogen and oxygen atoms in total. The second-order valence-electron chi connectivity index (χ2n) is 3.51. The molecule has 0 bridgehead atoms. The Kier molecular flexibility index (Phi) is 4.00. The van der Waals surface area contributed by atoms with Gasteiger partial charge in [-0.25, -0.2) is 9.97 Å². The fourth-order valence-corrected chi connectivity index (χ4v) is 2.05. The molecule has 0 saturated carbocycles. The zero-order chi connectivity index (χ0) is 13.0. The SMILES string of the molecule is COCc1cc(CSc2nc(N)cc(N)n2)no1. The van der Waals surface area contributed by atoms with Gasteiger partial charge in [-0.2, -0.15) is 0 Å². The smallest absolute Gasteiger partial charge is 0.191 e. The highest BCUT2D eigenvalue weighted by molar-refractivity contribution is 7.98. The van der Waals surface area contributed by atoms with Crippen molar-refractivity contribution in [2.24, 2.45) is 0 Å². The normalized spacial score (nSPS) is 10.7. The van der Waals surface area contributed by atoms with E-state index in [9.17, 15) is 0 Å². The molecule has 18 heavy (non-hydrogen) atoms. The Morgan fingerprint density at radius 2 is 2.00 bits per heavy atom. The van der Waals surface area contributed by atoms with Gasteiger partial charge in [0.25, 0.3) is 0 Å². The molecule has 0 aliphatic heterocycles. The number of rotatable bonds is 5. The first kappa shape index (κ1) is 12.7. The molecule has 96 valence electrons. The molecule has 0 aliphatic rings. The zero-order valence-corrected chi connectivity index (χ0v) is 10.6. The molecule has 8 heteroatoms. The number of methoxy groups -OCH3 is 1. The van der Waals surface area contributed by atoms with Gasteiger partial charge in [-0.15, -0.1) is 0 Å². The minimum atomic E-state index is 0.352. The third-order valence-electron chi connectivity index (χ3n) is 1.99. The van der Waals surface area contributed by atoms with Crippen LogP contribution in [0.5, 0.6) is 0 Å². The van der Waals surface area contributed by atoms with Crippen molar-refractivity contribution in [3.8, 4) is 0 Å². The van der Waals surface area contributed by atoms with Crippen molar-refractivity contribution < 1.29 is 9.26 Å². The first-order valence-corrected chi connectivity index (χ1v) is 6.12. The summed E-state index contributed by atoms with van der Waals surface area (Å²) in [5.41, 5.74) is 11.9. The van der Waals surface area contributed by atoms with Crippen LogP contribution in [0.4, 0.5) is 11.6 Å². The van der Waals surface area contributed by atoms with Crippen LogP contribution in [-0.4, -0.2) is 22.2 Å². The molecule has 0 saturated heterocycles. The van der Waals surface area contributed by atoms with Crippen molar-refractivity contribution >= 4 is 23.4 Å². The van der Waals surface area contributed by atoms with E-state index in [0.29, 0.717) is 34.9 Å². The lowest BCUT2D eigenvalue weighted by Gasteiger charge is -2.00. The Bertz CT molecular complexity index is 510. The number of hydrogen-bond donors (Lipinski definition) is 2. The quantitative estimate of drug-likeness (QED) is 0.611. The summed E-state index contributed by atoms with van der Waals surface area (Å²) >= 11 is 1.39. The molecule has 0 fully saturated rings. The van der Waals surface area contributed by atoms with Crippen molar-refractivity contribution in [1.82, 2.24) is 15.1 Å². The zero-order valence-electron chi connectivity index (χ0n) is 9.79. The fraction of sp³-hybridized carbons (Fsp3) is 0.300. The largest absolute Gasteiger partial charge is 0.383 e. The van der Waals surface area contributed by atoms with Crippen molar-refractivity contribution in [2.45, 2.75) is 17.5 Å². The standard InChI is InChI=1S/C10H13N5O2S/c1-16-4-7-2-6(15-17-7)5-18-10-13-8(11)3-9(12)14-10/h2-3H,4-5H2,1H3,(H4,11,12,13,14). The second kappa shape index (κ2) is 5.69. The van der Waals surface area contributed by atoms with Crippen LogP contribution in [0.1, 0.15) is 11.5 Å². The molecule has 2 aromatic rings. The van der Waals surface area contributed by atoms with E-state index in [1.165, 1.54) is 17.8 Å². The van der Waals surface area contributed by atoms with E-state index in [-0.39, 0.29) is 0 Å². The number of thioether (sulfide) groups is 1. The third kappa shape index (κ3) is 3.34. The van der Waals surface area contributed by atoms with Crippen LogP contribution in [0.3, 0.4) is 0 Å². The van der Waals surface area contributed by atoms with Crippen molar-refractivity contribution in [3.63, 3.8) is 0 Å². The molecule has 2 rings (SSSR count). The minimum absolute atomic E-state index is 0.352. The minimum Gasteiger partial charge on any atom is -0.383 e. The van der Waals surface area contributed by atoms with Crippen LogP contribution >= 0.6 is 11.8 Å². The highest BCUT2D eigenvalue weighted by atomic mass is 32.2. The van der Waals surface area contributed by atoms with E-state index in [2.05, 4.69) is 15.1 Å². The second-order valence-corrected chi connectivity index (χ2v) is 4.45. The number of nitrogens with two attached hydrogens (primary N) is 2. The summed E-state index contributed by atoms with van der Waals surface area (Å²) in [6.45, 7) is 0.402. The Hall–Kier alpha value is -1.80. The van der Waals surface area contributed by atoms with Crippen LogP contribution in [0, 0.1) is 0 Å². The van der Waals surface area contributed by atoms with Gasteiger partial charge in [0, 0.05) is 25.0 Å². The molecule has 0 amide bonds. The molecule has 4 N–H and O–H groups in total. The van der Waals surface area contributed by atoms with E-state index in [1.54, 1.807) is 7.11 Å². The molecular weight excluding hydrogens is 254 g/mol. The Labute approximate surface area is 108 Å². The Morgan fingerprint density at radius 3 is 2.67 bits per heavy atom. The lowest BCUT2D eigenvalue weighted by molar-refractivity contribution is 0.156. The van der Waals surface area contributed by atoms with E-state index in [1.807, 2.05) is 6.07 Å². The molecule has 0 aromatic carbocycles. The summed E-state index contributed by atoms with van der Waals surface area (Å²) in [6, 6.07) is 3.34. The molecule has 0 radical (unpaired) electrons. The van der Waals surface area contributed by atoms with Gasteiger partial charge in [0.15, 0.2) is 10.9 Å². The first-order chi connectivity index (χ1) is 8.67. The molecule has 2 aromatic heterocycles. The predicted molar refractivity (Wildman–Crippen MR) is 67.6 cm³/mol. The van der Waals surface area contributed by atoms with Crippen LogP contribution in [0.25, 0.3) is 0 Å². The van der Waals surface area contributed by atoms with E-state index < -0.39 is 0 Å². The van der Waals surface area contributed by atoms with Gasteiger partial charge in [-0.3, -0.25) is 0 Å². The maximum Gasteiger partial charge on any atom is 0.191 e. The lowest BCUT2D eigenvalue weighted by Crippen LogP contribution is -1.99. The highest BCUT2D eigenvalue weighted by Gasteiger charge is 2.07. The first-order valence-electron chi connectivity index (χ1n) is 5.13. The van der Waals surface area contributed by atoms with Gasteiger partial charge in [0.05, 0.1) is 5.69 Å². The van der Waals surface area contributed by atoms with Crippen LogP contribution in [-0.2, 0) is 17.1 Å². The summed E-state index contributed by atoms with van der Waals surface area (Å²) < 4.78 is 10.00. The van der Waals surface area contributed by atoms with Crippen LogP contribution < -0.4 is 11.5 Å². The predicted octanol–water partition coefficient (Wildman–Crippen LogP) is 1.07. The number of nitrogen functional groups attached to an aromatic ring is 2. The van der Waals surface area contributed by atoms with E-state index in [4.69, 9.17) is 20.7 Å². The average molecular weight is 267 g/mol. The van der Waals surface area contributed by atoms with E-state index >= 15 is 0 Å². The summed E-state index contributed by atoms with van der Waals surface area (Å²) in [7, 11) is 1.60. The van der Waals surface area contributed by atoms with Gasteiger partial charge in [-0.1, -0.05) is 16.9 Å². The topological polar surface area (TPSA) is 113 Å². The Balaban J connectivity index is 1.97. The Morgan fingerprint density at radius 1 is 1.28 bits per heavy atom. The molecule has 0 atom stereocenters. The summed E-state index contributed by atoms with van der Waals surface area (Å²) in [6.07, 6.45) is 0. The van der Waals surface area contributed by atoms with E-state index in [0.717, 1.165) is 5.69 Å². The lowest BCUT2D eigenvalue weighted by atomic mass is 10.4. The molecular formula is C10H13N5O2S. The van der Waals surface area contributed by atoms with Crippen molar-refractivity contribution in [3.05, 3.63) is 23.6 Å². The van der Waals surface area contributed by atoms with Crippen molar-refractivity contribution in [2.75, 3.05) is 18.6 Å². The maximum atomic E-state index is 5.58. The number of nitrogens with zero attached hydrogens (tertiary/aromatic N) is 3. The number of ether oxygens (including phenoxy) is 1.